The van der Waals surface area contributed by atoms with E-state index in [0.717, 1.165) is 12.1 Å². The number of anilines is 2. The number of fused-ring (bicyclic) bond motifs is 2. The van der Waals surface area contributed by atoms with Gasteiger partial charge in [-0.3, -0.25) is 0 Å². The van der Waals surface area contributed by atoms with Gasteiger partial charge in [-0.05, 0) is 54.0 Å². The van der Waals surface area contributed by atoms with E-state index in [-0.39, 0.29) is 0 Å². The quantitative estimate of drug-likeness (QED) is 0.413. The lowest BCUT2D eigenvalue weighted by Gasteiger charge is -2.35. The highest BCUT2D eigenvalue weighted by Crippen LogP contribution is 2.48. The third-order valence-corrected chi connectivity index (χ3v) is 6.04. The maximum Gasteiger partial charge on any atom is 0.177 e. The zero-order chi connectivity index (χ0) is 18.4. The van der Waals surface area contributed by atoms with Crippen molar-refractivity contribution in [3.05, 3.63) is 53.8 Å². The van der Waals surface area contributed by atoms with Gasteiger partial charge in [-0.25, -0.2) is 4.79 Å². The van der Waals surface area contributed by atoms with E-state index in [4.69, 9.17) is 0 Å². The second-order valence-corrected chi connectivity index (χ2v) is 7.80. The van der Waals surface area contributed by atoms with Gasteiger partial charge in [0, 0.05) is 16.3 Å². The average molecular weight is 364 g/mol. The summed E-state index contributed by atoms with van der Waals surface area (Å²) in [6.45, 7) is 5.60. The molecule has 0 aromatic heterocycles. The molecule has 134 valence electrons. The van der Waals surface area contributed by atoms with E-state index < -0.39 is 0 Å². The van der Waals surface area contributed by atoms with Crippen molar-refractivity contribution in [2.75, 3.05) is 11.4 Å². The topological polar surface area (TPSA) is 20.3 Å². The highest BCUT2D eigenvalue weighted by atomic mass is 32.2. The van der Waals surface area contributed by atoms with Crippen LogP contribution in [0.3, 0.4) is 0 Å². The molecule has 2 nitrogen and oxygen atoms in total. The molecular formula is C23H25NOS. The Morgan fingerprint density at radius 2 is 1.92 bits per heavy atom. The van der Waals surface area contributed by atoms with Gasteiger partial charge < -0.3 is 4.90 Å². The molecule has 1 unspecified atom stereocenters. The van der Waals surface area contributed by atoms with E-state index in [9.17, 15) is 4.79 Å². The molecule has 1 atom stereocenters. The number of nitrogens with zero attached hydrogens (tertiary/aromatic N) is 1. The summed E-state index contributed by atoms with van der Waals surface area (Å²) in [5.74, 6) is 2.39. The van der Waals surface area contributed by atoms with Crippen LogP contribution in [-0.2, 0) is 4.79 Å². The first-order chi connectivity index (χ1) is 12.8. The molecule has 0 amide bonds. The lowest BCUT2D eigenvalue weighted by atomic mass is 9.98. The van der Waals surface area contributed by atoms with Gasteiger partial charge in [0.1, 0.15) is 0 Å². The maximum absolute atomic E-state index is 10.4. The van der Waals surface area contributed by atoms with Gasteiger partial charge in [0.25, 0.3) is 0 Å². The standard InChI is InChI=1S/C23H25NOS/c1-3-5-9-18(4-2)17-24-20-11-6-7-12-22(20)26-23-16-19(10-8-15-25)13-14-21(23)24/h6-7,10-14,16,18H,3-5,9,17H2,1-2H3. The minimum atomic E-state index is 0.691. The molecule has 1 heterocycles. The summed E-state index contributed by atoms with van der Waals surface area (Å²) in [6.07, 6.45) is 6.71. The van der Waals surface area contributed by atoms with Gasteiger partial charge in [-0.2, -0.15) is 0 Å². The lowest BCUT2D eigenvalue weighted by Crippen LogP contribution is -2.27. The van der Waals surface area contributed by atoms with E-state index in [1.54, 1.807) is 23.8 Å². The highest BCUT2D eigenvalue weighted by Gasteiger charge is 2.25. The average Bonchev–Trinajstić information content (AvgIpc) is 2.68. The summed E-state index contributed by atoms with van der Waals surface area (Å²) in [4.78, 5) is 15.4. The number of hydrogen-bond acceptors (Lipinski definition) is 3. The van der Waals surface area contributed by atoms with Gasteiger partial charge in [-0.15, -0.1) is 0 Å². The molecule has 0 saturated carbocycles. The van der Waals surface area contributed by atoms with Crippen LogP contribution in [0.1, 0.15) is 45.1 Å². The molecule has 0 bridgehead atoms. The number of rotatable bonds is 7. The Morgan fingerprint density at radius 1 is 1.12 bits per heavy atom. The van der Waals surface area contributed by atoms with E-state index in [1.165, 1.54) is 46.8 Å². The van der Waals surface area contributed by atoms with Crippen molar-refractivity contribution in [1.29, 1.82) is 0 Å². The molecule has 2 aromatic carbocycles. The number of benzene rings is 2. The minimum Gasteiger partial charge on any atom is -0.339 e. The summed E-state index contributed by atoms with van der Waals surface area (Å²) in [6, 6.07) is 15.0. The van der Waals surface area contributed by atoms with Crippen LogP contribution < -0.4 is 4.90 Å². The highest BCUT2D eigenvalue weighted by molar-refractivity contribution is 7.99. The molecular weight excluding hydrogens is 338 g/mol. The SMILES string of the molecule is CCCCC(CC)CN1c2ccccc2Sc2cc(C=C=C=O)ccc21. The summed E-state index contributed by atoms with van der Waals surface area (Å²) < 4.78 is 0. The van der Waals surface area contributed by atoms with Gasteiger partial charge in [0.2, 0.25) is 0 Å². The molecule has 0 aliphatic carbocycles. The van der Waals surface area contributed by atoms with Crippen LogP contribution in [-0.4, -0.2) is 12.5 Å². The van der Waals surface area contributed by atoms with Gasteiger partial charge in [-0.1, -0.05) is 63.1 Å². The van der Waals surface area contributed by atoms with E-state index in [2.05, 4.69) is 66.9 Å². The Bertz CT molecular complexity index is 847. The summed E-state index contributed by atoms with van der Waals surface area (Å²) >= 11 is 1.80. The summed E-state index contributed by atoms with van der Waals surface area (Å²) in [5, 5.41) is 0. The Balaban J connectivity index is 1.98. The van der Waals surface area contributed by atoms with Crippen molar-refractivity contribution >= 4 is 35.2 Å². The molecule has 3 heteroatoms. The smallest absolute Gasteiger partial charge is 0.177 e. The second kappa shape index (κ2) is 8.96. The lowest BCUT2D eigenvalue weighted by molar-refractivity contribution is 0.457. The van der Waals surface area contributed by atoms with Crippen molar-refractivity contribution in [2.45, 2.75) is 49.3 Å². The molecule has 1 aliphatic heterocycles. The fraction of sp³-hybridized carbons (Fsp3) is 0.348. The molecule has 0 N–H and O–H groups in total. The Kier molecular flexibility index (Phi) is 6.41. The third-order valence-electron chi connectivity index (χ3n) is 4.93. The summed E-state index contributed by atoms with van der Waals surface area (Å²) in [5.41, 5.74) is 6.06. The molecule has 3 rings (SSSR count). The van der Waals surface area contributed by atoms with Crippen LogP contribution in [0.15, 0.2) is 58.0 Å². The Hall–Kier alpha value is -2.18. The van der Waals surface area contributed by atoms with Gasteiger partial charge in [0.15, 0.2) is 5.94 Å². The molecule has 26 heavy (non-hydrogen) atoms. The molecule has 1 aliphatic rings. The third kappa shape index (κ3) is 4.14. The van der Waals surface area contributed by atoms with E-state index in [1.807, 2.05) is 0 Å². The van der Waals surface area contributed by atoms with Crippen LogP contribution in [0.25, 0.3) is 6.08 Å². The first-order valence-electron chi connectivity index (χ1n) is 9.41. The number of para-hydroxylation sites is 1. The second-order valence-electron chi connectivity index (χ2n) is 6.71. The van der Waals surface area contributed by atoms with Crippen LogP contribution in [0.5, 0.6) is 0 Å². The van der Waals surface area contributed by atoms with Crippen LogP contribution >= 0.6 is 11.8 Å². The molecule has 0 spiro atoms. The number of unbranched alkanes of at least 4 members (excludes halogenated alkanes) is 1. The van der Waals surface area contributed by atoms with E-state index >= 15 is 0 Å². The predicted molar refractivity (Wildman–Crippen MR) is 111 cm³/mol. The van der Waals surface area contributed by atoms with Crippen molar-refractivity contribution in [3.8, 4) is 0 Å². The zero-order valence-electron chi connectivity index (χ0n) is 15.5. The van der Waals surface area contributed by atoms with Crippen molar-refractivity contribution in [3.63, 3.8) is 0 Å². The molecule has 0 radical (unpaired) electrons. The van der Waals surface area contributed by atoms with Crippen molar-refractivity contribution in [2.24, 2.45) is 5.92 Å². The fourth-order valence-electron chi connectivity index (χ4n) is 3.42. The molecule has 2 aromatic rings. The Morgan fingerprint density at radius 3 is 2.69 bits per heavy atom. The van der Waals surface area contributed by atoms with E-state index in [0.29, 0.717) is 5.92 Å². The van der Waals surface area contributed by atoms with Crippen molar-refractivity contribution in [1.82, 2.24) is 0 Å². The monoisotopic (exact) mass is 363 g/mol. The van der Waals surface area contributed by atoms with Crippen LogP contribution in [0, 0.1) is 5.92 Å². The normalized spacial score (nSPS) is 13.2. The largest absolute Gasteiger partial charge is 0.339 e. The van der Waals surface area contributed by atoms with Crippen molar-refractivity contribution < 1.29 is 4.79 Å². The van der Waals surface area contributed by atoms with Gasteiger partial charge >= 0.3 is 0 Å². The predicted octanol–water partition coefficient (Wildman–Crippen LogP) is 6.51. The van der Waals surface area contributed by atoms with Gasteiger partial charge in [0.05, 0.1) is 11.4 Å². The number of hydrogen-bond donors (Lipinski definition) is 0. The molecule has 0 saturated heterocycles. The van der Waals surface area contributed by atoms with Crippen LogP contribution in [0.4, 0.5) is 11.4 Å². The number of carbonyl (C=O) groups excluding carboxylic acids is 1. The summed E-state index contributed by atoms with van der Waals surface area (Å²) in [7, 11) is 0. The Labute approximate surface area is 160 Å². The first-order valence-corrected chi connectivity index (χ1v) is 10.2. The minimum absolute atomic E-state index is 0.691. The molecule has 0 fully saturated rings. The fourth-order valence-corrected chi connectivity index (χ4v) is 4.57. The first kappa shape index (κ1) is 18.6. The van der Waals surface area contributed by atoms with Crippen LogP contribution in [0.2, 0.25) is 0 Å². The maximum atomic E-state index is 10.4. The zero-order valence-corrected chi connectivity index (χ0v) is 16.3.